The number of nitro benzene ring substituents is 1. The number of hydrogen-bond donors (Lipinski definition) is 3. The molecule has 21 heavy (non-hydrogen) atoms. The van der Waals surface area contributed by atoms with Crippen molar-refractivity contribution in [1.29, 1.82) is 0 Å². The second kappa shape index (κ2) is 7.70. The number of aromatic carboxylic acids is 1. The second-order valence-electron chi connectivity index (χ2n) is 4.96. The molecule has 0 unspecified atom stereocenters. The lowest BCUT2D eigenvalue weighted by Gasteiger charge is -2.13. The van der Waals surface area contributed by atoms with Gasteiger partial charge in [0, 0.05) is 12.1 Å². The molecule has 0 aliphatic carbocycles. The maximum atomic E-state index is 11.1. The Morgan fingerprint density at radius 2 is 2.00 bits per heavy atom. The summed E-state index contributed by atoms with van der Waals surface area (Å²) in [7, 11) is 0. The Hall–Kier alpha value is -1.99. The summed E-state index contributed by atoms with van der Waals surface area (Å²) in [6, 6.07) is 3.68. The molecule has 0 radical (unpaired) electrons. The molecule has 3 N–H and O–H groups in total. The molecule has 7 nitrogen and oxygen atoms in total. The predicted octanol–water partition coefficient (Wildman–Crippen LogP) is 1.75. The molecule has 116 valence electrons. The summed E-state index contributed by atoms with van der Waals surface area (Å²) in [6.07, 6.45) is 0.315. The molecule has 0 saturated carbocycles. The predicted molar refractivity (Wildman–Crippen MR) is 75.3 cm³/mol. The number of non-ortho nitro benzene ring substituents is 1. The average molecular weight is 297 g/mol. The number of carbonyl (C=O) groups is 1. The molecule has 0 aliphatic heterocycles. The Bertz CT molecular complexity index is 514. The topological polar surface area (TPSA) is 121 Å². The van der Waals surface area contributed by atoms with E-state index in [1.54, 1.807) is 0 Å². The van der Waals surface area contributed by atoms with Gasteiger partial charge in [-0.3, -0.25) is 10.1 Å². The molecule has 1 aromatic rings. The van der Waals surface area contributed by atoms with E-state index in [0.717, 1.165) is 0 Å². The number of unbranched alkanes of at least 4 members (excludes halogenated alkanes) is 1. The Kier molecular flexibility index (Phi) is 6.26. The van der Waals surface area contributed by atoms with E-state index in [9.17, 15) is 20.0 Å². The number of carboxylic acid groups (broad SMARTS) is 1. The summed E-state index contributed by atoms with van der Waals surface area (Å²) < 4.78 is 0. The molecule has 2 atom stereocenters. The number of aliphatic hydroxyl groups excluding tert-OH is 2. The smallest absolute Gasteiger partial charge is 0.335 e. The van der Waals surface area contributed by atoms with Crippen molar-refractivity contribution in [2.45, 2.75) is 44.8 Å². The summed E-state index contributed by atoms with van der Waals surface area (Å²) in [5.41, 5.74) is 0.318. The number of aryl methyl sites for hydroxylation is 1. The van der Waals surface area contributed by atoms with Gasteiger partial charge in [0.25, 0.3) is 5.69 Å². The van der Waals surface area contributed by atoms with Crippen LogP contribution in [0.4, 0.5) is 5.69 Å². The molecule has 0 fully saturated rings. The van der Waals surface area contributed by atoms with Crippen LogP contribution in [0.1, 0.15) is 42.1 Å². The third-order valence-electron chi connectivity index (χ3n) is 3.28. The molecule has 7 heteroatoms. The maximum Gasteiger partial charge on any atom is 0.335 e. The molecule has 0 amide bonds. The van der Waals surface area contributed by atoms with E-state index in [0.29, 0.717) is 31.2 Å². The van der Waals surface area contributed by atoms with Crippen LogP contribution in [0.2, 0.25) is 0 Å². The normalized spacial score (nSPS) is 13.7. The fourth-order valence-electron chi connectivity index (χ4n) is 2.02. The van der Waals surface area contributed by atoms with Crippen LogP contribution in [0.5, 0.6) is 0 Å². The Balaban J connectivity index is 2.70. The van der Waals surface area contributed by atoms with Crippen LogP contribution in [0.25, 0.3) is 0 Å². The van der Waals surface area contributed by atoms with Gasteiger partial charge in [0.05, 0.1) is 22.7 Å². The highest BCUT2D eigenvalue weighted by Crippen LogP contribution is 2.20. The van der Waals surface area contributed by atoms with E-state index in [1.165, 1.54) is 25.1 Å². The van der Waals surface area contributed by atoms with Crippen LogP contribution in [-0.4, -0.2) is 38.4 Å². The van der Waals surface area contributed by atoms with Gasteiger partial charge in [0.2, 0.25) is 0 Å². The molecular formula is C14H19NO6. The fourth-order valence-corrected chi connectivity index (χ4v) is 2.02. The van der Waals surface area contributed by atoms with Crippen molar-refractivity contribution in [3.05, 3.63) is 39.4 Å². The van der Waals surface area contributed by atoms with E-state index in [4.69, 9.17) is 10.2 Å². The fraction of sp³-hybridized carbons (Fsp3) is 0.500. The van der Waals surface area contributed by atoms with Crippen LogP contribution in [0.3, 0.4) is 0 Å². The number of rotatable bonds is 8. The quantitative estimate of drug-likeness (QED) is 0.382. The molecule has 1 aromatic carbocycles. The minimum absolute atomic E-state index is 0.0525. The number of nitro groups is 1. The zero-order valence-electron chi connectivity index (χ0n) is 11.7. The van der Waals surface area contributed by atoms with Gasteiger partial charge < -0.3 is 15.3 Å². The van der Waals surface area contributed by atoms with Crippen molar-refractivity contribution in [1.82, 2.24) is 0 Å². The molecular weight excluding hydrogens is 278 g/mol. The first-order chi connectivity index (χ1) is 9.82. The van der Waals surface area contributed by atoms with Gasteiger partial charge in [0.1, 0.15) is 0 Å². The lowest BCUT2D eigenvalue weighted by molar-refractivity contribution is -0.384. The Labute approximate surface area is 122 Å². The second-order valence-corrected chi connectivity index (χ2v) is 4.96. The summed E-state index contributed by atoms with van der Waals surface area (Å²) in [5, 5.41) is 38.4. The van der Waals surface area contributed by atoms with Crippen LogP contribution >= 0.6 is 0 Å². The lowest BCUT2D eigenvalue weighted by Crippen LogP contribution is -2.22. The first-order valence-corrected chi connectivity index (χ1v) is 6.69. The molecule has 0 spiro atoms. The third-order valence-corrected chi connectivity index (χ3v) is 3.28. The molecule has 0 aromatic heterocycles. The van der Waals surface area contributed by atoms with E-state index in [1.807, 2.05) is 0 Å². The number of nitrogens with zero attached hydrogens (tertiary/aromatic N) is 1. The van der Waals surface area contributed by atoms with E-state index in [-0.39, 0.29) is 11.3 Å². The van der Waals surface area contributed by atoms with Crippen LogP contribution in [-0.2, 0) is 6.42 Å². The Morgan fingerprint density at radius 1 is 1.33 bits per heavy atom. The Morgan fingerprint density at radius 3 is 2.52 bits per heavy atom. The van der Waals surface area contributed by atoms with Crippen molar-refractivity contribution in [2.24, 2.45) is 0 Å². The molecule has 0 aliphatic rings. The van der Waals surface area contributed by atoms with Gasteiger partial charge in [-0.15, -0.1) is 0 Å². The van der Waals surface area contributed by atoms with Crippen molar-refractivity contribution in [2.75, 3.05) is 0 Å². The van der Waals surface area contributed by atoms with Crippen molar-refractivity contribution < 1.29 is 25.0 Å². The van der Waals surface area contributed by atoms with E-state index < -0.39 is 23.1 Å². The number of benzene rings is 1. The minimum Gasteiger partial charge on any atom is -0.478 e. The standard InChI is InChI=1S/C14H19NO6/c1-9(16)13(17)5-3-2-4-10-8-11(15(20)21)6-7-12(10)14(18)19/h6-9,13,16-17H,2-5H2,1H3,(H,18,19)/t9-,13+/m1/s1. The van der Waals surface area contributed by atoms with Gasteiger partial charge in [0.15, 0.2) is 0 Å². The maximum absolute atomic E-state index is 11.1. The van der Waals surface area contributed by atoms with Gasteiger partial charge in [-0.25, -0.2) is 4.79 Å². The molecule has 0 heterocycles. The average Bonchev–Trinajstić information content (AvgIpc) is 2.42. The van der Waals surface area contributed by atoms with Gasteiger partial charge in [-0.1, -0.05) is 6.42 Å². The largest absolute Gasteiger partial charge is 0.478 e. The van der Waals surface area contributed by atoms with Crippen molar-refractivity contribution in [3.8, 4) is 0 Å². The summed E-state index contributed by atoms with van der Waals surface area (Å²) in [6.45, 7) is 1.49. The van der Waals surface area contributed by atoms with Gasteiger partial charge in [-0.2, -0.15) is 0 Å². The summed E-state index contributed by atoms with van der Waals surface area (Å²) in [4.78, 5) is 21.3. The summed E-state index contributed by atoms with van der Waals surface area (Å²) in [5.74, 6) is -1.12. The van der Waals surface area contributed by atoms with Gasteiger partial charge >= 0.3 is 5.97 Å². The highest BCUT2D eigenvalue weighted by molar-refractivity contribution is 5.89. The minimum atomic E-state index is -1.12. The molecule has 1 rings (SSSR count). The number of carboxylic acids is 1. The van der Waals surface area contributed by atoms with E-state index >= 15 is 0 Å². The SMILES string of the molecule is C[C@@H](O)[C@@H](O)CCCCc1cc([N+](=O)[O-])ccc1C(=O)O. The van der Waals surface area contributed by atoms with Crippen LogP contribution in [0, 0.1) is 10.1 Å². The number of hydrogen-bond acceptors (Lipinski definition) is 5. The zero-order chi connectivity index (χ0) is 16.0. The molecule has 0 saturated heterocycles. The van der Waals surface area contributed by atoms with Gasteiger partial charge in [-0.05, 0) is 37.8 Å². The van der Waals surface area contributed by atoms with Crippen molar-refractivity contribution >= 4 is 11.7 Å². The zero-order valence-corrected chi connectivity index (χ0v) is 11.7. The summed E-state index contributed by atoms with van der Waals surface area (Å²) >= 11 is 0. The number of aliphatic hydroxyl groups is 2. The third kappa shape index (κ3) is 5.13. The first-order valence-electron chi connectivity index (χ1n) is 6.69. The molecule has 0 bridgehead atoms. The highest BCUT2D eigenvalue weighted by Gasteiger charge is 2.15. The van der Waals surface area contributed by atoms with Crippen LogP contribution < -0.4 is 0 Å². The van der Waals surface area contributed by atoms with E-state index in [2.05, 4.69) is 0 Å². The lowest BCUT2D eigenvalue weighted by atomic mass is 9.99. The first kappa shape index (κ1) is 17.1. The highest BCUT2D eigenvalue weighted by atomic mass is 16.6. The monoisotopic (exact) mass is 297 g/mol. The van der Waals surface area contributed by atoms with Crippen LogP contribution in [0.15, 0.2) is 18.2 Å². The van der Waals surface area contributed by atoms with Crippen molar-refractivity contribution in [3.63, 3.8) is 0 Å².